The van der Waals surface area contributed by atoms with E-state index in [1.165, 1.54) is 18.5 Å². The van der Waals surface area contributed by atoms with Crippen LogP contribution in [-0.2, 0) is 48.0 Å². The molecule has 62 heavy (non-hydrogen) atoms. The van der Waals surface area contributed by atoms with E-state index >= 15 is 0 Å². The number of benzene rings is 3. The summed E-state index contributed by atoms with van der Waals surface area (Å²) in [6, 6.07) is 14.6. The first kappa shape index (κ1) is 46.2. The molecule has 11 N–H and O–H groups in total. The summed E-state index contributed by atoms with van der Waals surface area (Å²) in [7, 11) is 0. The van der Waals surface area contributed by atoms with Gasteiger partial charge in [-0.05, 0) is 85.4 Å². The quantitative estimate of drug-likeness (QED) is 0.0530. The molecule has 4 atom stereocenters. The highest BCUT2D eigenvalue weighted by molar-refractivity contribution is 5.96. The van der Waals surface area contributed by atoms with Crippen LogP contribution in [0, 0.1) is 11.2 Å². The number of halogens is 1. The lowest BCUT2D eigenvalue weighted by Crippen LogP contribution is -2.59. The number of imidazole rings is 1. The molecule has 0 unspecified atom stereocenters. The molecule has 1 saturated heterocycles. The number of carbonyl (C=O) groups excluding carboxylic acids is 6. The summed E-state index contributed by atoms with van der Waals surface area (Å²) < 4.78 is 13.7. The minimum atomic E-state index is -1.31. The summed E-state index contributed by atoms with van der Waals surface area (Å²) in [5.74, 6) is -4.05. The number of hydrogen-bond donors (Lipinski definition) is 10. The smallest absolute Gasteiger partial charge is 0.243 e. The third-order valence-corrected chi connectivity index (χ3v) is 10.5. The Morgan fingerprint density at radius 3 is 2.24 bits per heavy atom. The van der Waals surface area contributed by atoms with Gasteiger partial charge in [0, 0.05) is 45.1 Å². The lowest BCUT2D eigenvalue weighted by molar-refractivity contribution is -0.135. The molecule has 0 saturated carbocycles. The monoisotopic (exact) mass is 853 g/mol. The fraction of sp³-hybridized carbons (Fsp3) is 0.409. The Labute approximate surface area is 359 Å². The van der Waals surface area contributed by atoms with Crippen molar-refractivity contribution in [2.45, 2.75) is 94.8 Å². The van der Waals surface area contributed by atoms with E-state index in [0.717, 1.165) is 16.3 Å². The van der Waals surface area contributed by atoms with Crippen LogP contribution in [0.25, 0.3) is 10.8 Å². The summed E-state index contributed by atoms with van der Waals surface area (Å²) in [5, 5.41) is 28.9. The summed E-state index contributed by atoms with van der Waals surface area (Å²) >= 11 is 0. The fourth-order valence-corrected chi connectivity index (χ4v) is 7.14. The molecule has 18 heteroatoms. The molecule has 330 valence electrons. The van der Waals surface area contributed by atoms with E-state index in [9.17, 15) is 33.2 Å². The standard InChI is InChI=1S/C44H56FN11O6/c45-31-16-12-28(13-17-31)14-18-36-42(61)54-34(11-6-24-51-44(46)47)40(59)50-23-4-3-22-49-38(57)21-19-35(41(60)56-37(43(62)55-36)25-32-26-48-27-52-32)53-39(58)20-15-30-9-5-8-29-7-1-2-10-33(29)30/h1-2,5,7-10,12-13,16-17,26-27,34-37H,3-4,6,11,14-15,18-25H2,(H,48,52)(H,49,57)(H,50,59)(H,53,58)(H,54,61)(H,55,62)(H,56,60)(H4,46,47,51)/t34-,35-,36+,37-/m0/s1. The number of aromatic amines is 1. The van der Waals surface area contributed by atoms with Gasteiger partial charge in [-0.1, -0.05) is 54.6 Å². The number of rotatable bonds is 13. The van der Waals surface area contributed by atoms with Crippen molar-refractivity contribution in [1.82, 2.24) is 47.2 Å². The molecule has 2 heterocycles. The van der Waals surface area contributed by atoms with Gasteiger partial charge in [0.2, 0.25) is 35.4 Å². The van der Waals surface area contributed by atoms with E-state index in [4.69, 9.17) is 11.1 Å². The molecule has 1 fully saturated rings. The van der Waals surface area contributed by atoms with Crippen molar-refractivity contribution in [3.63, 3.8) is 0 Å². The molecule has 3 aromatic carbocycles. The first-order valence-electron chi connectivity index (χ1n) is 21.0. The number of aryl methyl sites for hydroxylation is 2. The predicted octanol–water partition coefficient (Wildman–Crippen LogP) is 1.52. The maximum atomic E-state index is 14.3. The first-order valence-corrected chi connectivity index (χ1v) is 21.0. The number of H-pyrrole nitrogens is 1. The summed E-state index contributed by atoms with van der Waals surface area (Å²) in [6.07, 6.45) is 4.94. The molecule has 1 aliphatic heterocycles. The van der Waals surface area contributed by atoms with Gasteiger partial charge in [-0.15, -0.1) is 0 Å². The SMILES string of the molecule is N=C(N)NCCC[C@@H]1NC(=O)[C@@H](CCc2ccc(F)cc2)NC(=O)[C@H](Cc2c[nH]cn2)NC(=O)[C@@H](NC(=O)CCc2cccc3ccccc23)CCC(=O)NCCCCNC1=O. The molecule has 1 aromatic heterocycles. The maximum absolute atomic E-state index is 14.3. The van der Waals surface area contributed by atoms with Crippen LogP contribution in [0.4, 0.5) is 4.39 Å². The van der Waals surface area contributed by atoms with Crippen molar-refractivity contribution < 1.29 is 33.2 Å². The lowest BCUT2D eigenvalue weighted by atomic mass is 10.0. The number of amides is 6. The van der Waals surface area contributed by atoms with Gasteiger partial charge in [0.25, 0.3) is 0 Å². The Hall–Kier alpha value is -6.85. The highest BCUT2D eigenvalue weighted by Gasteiger charge is 2.32. The van der Waals surface area contributed by atoms with Crippen molar-refractivity contribution in [3.05, 3.63) is 102 Å². The van der Waals surface area contributed by atoms with Crippen LogP contribution in [0.15, 0.2) is 79.3 Å². The zero-order valence-electron chi connectivity index (χ0n) is 34.6. The summed E-state index contributed by atoms with van der Waals surface area (Å²) in [5.41, 5.74) is 7.49. The Balaban J connectivity index is 1.39. The van der Waals surface area contributed by atoms with E-state index in [0.29, 0.717) is 43.5 Å². The molecule has 5 rings (SSSR count). The molecule has 1 aliphatic rings. The predicted molar refractivity (Wildman–Crippen MR) is 231 cm³/mol. The molecule has 6 amide bonds. The van der Waals surface area contributed by atoms with E-state index in [1.54, 1.807) is 18.3 Å². The van der Waals surface area contributed by atoms with Gasteiger partial charge < -0.3 is 47.9 Å². The third kappa shape index (κ3) is 15.0. The lowest BCUT2D eigenvalue weighted by Gasteiger charge is -2.27. The highest BCUT2D eigenvalue weighted by atomic mass is 19.1. The largest absolute Gasteiger partial charge is 0.370 e. The normalized spacial score (nSPS) is 19.9. The summed E-state index contributed by atoms with van der Waals surface area (Å²) in [4.78, 5) is 89.5. The van der Waals surface area contributed by atoms with Crippen LogP contribution >= 0.6 is 0 Å². The maximum Gasteiger partial charge on any atom is 0.243 e. The zero-order valence-corrected chi connectivity index (χ0v) is 34.6. The number of nitrogens with zero attached hydrogens (tertiary/aromatic N) is 1. The Morgan fingerprint density at radius 2 is 1.50 bits per heavy atom. The van der Waals surface area contributed by atoms with Crippen molar-refractivity contribution in [3.8, 4) is 0 Å². The third-order valence-electron chi connectivity index (χ3n) is 10.5. The van der Waals surface area contributed by atoms with Crippen molar-refractivity contribution in [2.75, 3.05) is 19.6 Å². The Bertz CT molecular complexity index is 2140. The van der Waals surface area contributed by atoms with E-state index in [2.05, 4.69) is 47.2 Å². The van der Waals surface area contributed by atoms with E-state index in [-0.39, 0.29) is 69.9 Å². The second-order valence-electron chi connectivity index (χ2n) is 15.2. The van der Waals surface area contributed by atoms with E-state index in [1.807, 2.05) is 42.5 Å². The van der Waals surface area contributed by atoms with Crippen LogP contribution in [0.3, 0.4) is 0 Å². The molecule has 0 bridgehead atoms. The van der Waals surface area contributed by atoms with Crippen molar-refractivity contribution in [1.29, 1.82) is 5.41 Å². The Kier molecular flexibility index (Phi) is 17.8. The molecule has 0 radical (unpaired) electrons. The van der Waals surface area contributed by atoms with Gasteiger partial charge in [0.15, 0.2) is 5.96 Å². The summed E-state index contributed by atoms with van der Waals surface area (Å²) in [6.45, 7) is 0.806. The first-order chi connectivity index (χ1) is 29.9. The van der Waals surface area contributed by atoms with Gasteiger partial charge in [-0.25, -0.2) is 9.37 Å². The highest BCUT2D eigenvalue weighted by Crippen LogP contribution is 2.20. The Morgan fingerprint density at radius 1 is 0.806 bits per heavy atom. The van der Waals surface area contributed by atoms with Crippen LogP contribution < -0.4 is 43.0 Å². The van der Waals surface area contributed by atoms with Gasteiger partial charge in [-0.2, -0.15) is 0 Å². The van der Waals surface area contributed by atoms with Crippen LogP contribution in [-0.4, -0.2) is 95.2 Å². The van der Waals surface area contributed by atoms with Crippen LogP contribution in [0.2, 0.25) is 0 Å². The van der Waals surface area contributed by atoms with Gasteiger partial charge in [0.05, 0.1) is 12.0 Å². The number of hydrogen-bond acceptors (Lipinski definition) is 8. The zero-order chi connectivity index (χ0) is 44.3. The minimum absolute atomic E-state index is 0.0387. The molecular weight excluding hydrogens is 798 g/mol. The number of fused-ring (bicyclic) bond motifs is 1. The second kappa shape index (κ2) is 23.8. The topological polar surface area (TPSA) is 265 Å². The van der Waals surface area contributed by atoms with Gasteiger partial charge >= 0.3 is 0 Å². The van der Waals surface area contributed by atoms with Crippen LogP contribution in [0.1, 0.15) is 68.2 Å². The minimum Gasteiger partial charge on any atom is -0.370 e. The average Bonchev–Trinajstić information content (AvgIpc) is 3.78. The number of nitrogens with two attached hydrogens (primary N) is 1. The number of nitrogens with one attached hydrogen (secondary N) is 9. The second-order valence-corrected chi connectivity index (χ2v) is 15.2. The van der Waals surface area contributed by atoms with E-state index < -0.39 is 59.5 Å². The molecule has 4 aromatic rings. The van der Waals surface area contributed by atoms with Crippen molar-refractivity contribution in [2.24, 2.45) is 5.73 Å². The van der Waals surface area contributed by atoms with Gasteiger partial charge in [0.1, 0.15) is 30.0 Å². The molecule has 17 nitrogen and oxygen atoms in total. The van der Waals surface area contributed by atoms with Crippen molar-refractivity contribution >= 4 is 52.2 Å². The number of carbonyl (C=O) groups is 6. The van der Waals surface area contributed by atoms with Gasteiger partial charge in [-0.3, -0.25) is 34.2 Å². The average molecular weight is 854 g/mol. The number of guanidine groups is 1. The van der Waals surface area contributed by atoms with Crippen LogP contribution in [0.5, 0.6) is 0 Å². The molecular formula is C44H56FN11O6. The fourth-order valence-electron chi connectivity index (χ4n) is 7.14. The number of aromatic nitrogens is 2. The molecule has 0 spiro atoms. The molecule has 0 aliphatic carbocycles.